The standard InChI is InChI=1S/C17H22N2O/c1-4-9-20-16-7-5-14(6-8-16)17(18-3)15-10-13(2)11-19-12-15/h5-8,10-12,17-18H,4,9H2,1-3H3. The van der Waals surface area contributed by atoms with Crippen LogP contribution < -0.4 is 10.1 Å². The van der Waals surface area contributed by atoms with Crippen molar-refractivity contribution in [1.82, 2.24) is 10.3 Å². The zero-order chi connectivity index (χ0) is 14.4. The van der Waals surface area contributed by atoms with E-state index in [-0.39, 0.29) is 6.04 Å². The highest BCUT2D eigenvalue weighted by molar-refractivity contribution is 5.35. The monoisotopic (exact) mass is 270 g/mol. The van der Waals surface area contributed by atoms with E-state index in [0.29, 0.717) is 0 Å². The molecule has 20 heavy (non-hydrogen) atoms. The largest absolute Gasteiger partial charge is 0.494 e. The lowest BCUT2D eigenvalue weighted by molar-refractivity contribution is 0.317. The van der Waals surface area contributed by atoms with Crippen LogP contribution in [0.4, 0.5) is 0 Å². The molecule has 0 spiro atoms. The molecule has 0 aliphatic heterocycles. The van der Waals surface area contributed by atoms with Gasteiger partial charge in [-0.05, 0) is 49.2 Å². The van der Waals surface area contributed by atoms with E-state index in [1.807, 2.05) is 31.6 Å². The number of hydrogen-bond donors (Lipinski definition) is 1. The Morgan fingerprint density at radius 3 is 2.50 bits per heavy atom. The maximum absolute atomic E-state index is 5.62. The van der Waals surface area contributed by atoms with E-state index in [0.717, 1.165) is 18.8 Å². The summed E-state index contributed by atoms with van der Waals surface area (Å²) in [6, 6.07) is 10.6. The molecule has 106 valence electrons. The molecule has 1 atom stereocenters. The normalized spacial score (nSPS) is 12.2. The molecular formula is C17H22N2O. The lowest BCUT2D eigenvalue weighted by atomic mass is 9.99. The molecule has 0 saturated carbocycles. The summed E-state index contributed by atoms with van der Waals surface area (Å²) in [5.41, 5.74) is 3.56. The summed E-state index contributed by atoms with van der Waals surface area (Å²) < 4.78 is 5.62. The van der Waals surface area contributed by atoms with Gasteiger partial charge in [0.1, 0.15) is 5.75 Å². The molecule has 2 aromatic rings. The third-order valence-corrected chi connectivity index (χ3v) is 3.20. The Morgan fingerprint density at radius 1 is 1.15 bits per heavy atom. The quantitative estimate of drug-likeness (QED) is 0.872. The number of ether oxygens (including phenoxy) is 1. The topological polar surface area (TPSA) is 34.1 Å². The minimum Gasteiger partial charge on any atom is -0.494 e. The van der Waals surface area contributed by atoms with Gasteiger partial charge in [0.15, 0.2) is 0 Å². The zero-order valence-electron chi connectivity index (χ0n) is 12.4. The van der Waals surface area contributed by atoms with Crippen molar-refractivity contribution in [2.75, 3.05) is 13.7 Å². The van der Waals surface area contributed by atoms with Crippen molar-refractivity contribution in [1.29, 1.82) is 0 Å². The van der Waals surface area contributed by atoms with Gasteiger partial charge in [-0.3, -0.25) is 4.98 Å². The first kappa shape index (κ1) is 14.5. The maximum Gasteiger partial charge on any atom is 0.119 e. The van der Waals surface area contributed by atoms with Crippen molar-refractivity contribution < 1.29 is 4.74 Å². The summed E-state index contributed by atoms with van der Waals surface area (Å²) in [5.74, 6) is 0.924. The van der Waals surface area contributed by atoms with Crippen molar-refractivity contribution >= 4 is 0 Å². The summed E-state index contributed by atoms with van der Waals surface area (Å²) in [6.45, 7) is 4.93. The Bertz CT molecular complexity index is 537. The molecule has 1 unspecified atom stereocenters. The van der Waals surface area contributed by atoms with Crippen LogP contribution in [0, 0.1) is 6.92 Å². The molecule has 0 bridgehead atoms. The molecule has 0 aliphatic carbocycles. The van der Waals surface area contributed by atoms with Gasteiger partial charge >= 0.3 is 0 Å². The Balaban J connectivity index is 2.19. The number of nitrogens with one attached hydrogen (secondary N) is 1. The van der Waals surface area contributed by atoms with E-state index in [4.69, 9.17) is 4.74 Å². The van der Waals surface area contributed by atoms with Gasteiger partial charge in [-0.15, -0.1) is 0 Å². The van der Waals surface area contributed by atoms with E-state index in [1.54, 1.807) is 0 Å². The van der Waals surface area contributed by atoms with Crippen LogP contribution >= 0.6 is 0 Å². The average molecular weight is 270 g/mol. The van der Waals surface area contributed by atoms with Crippen LogP contribution in [0.2, 0.25) is 0 Å². The third kappa shape index (κ3) is 3.58. The molecule has 0 amide bonds. The summed E-state index contributed by atoms with van der Waals surface area (Å²) in [7, 11) is 1.97. The van der Waals surface area contributed by atoms with Gasteiger partial charge in [0.25, 0.3) is 0 Å². The van der Waals surface area contributed by atoms with Crippen molar-refractivity contribution in [2.45, 2.75) is 26.3 Å². The van der Waals surface area contributed by atoms with E-state index in [1.165, 1.54) is 16.7 Å². The van der Waals surface area contributed by atoms with Gasteiger partial charge in [-0.2, -0.15) is 0 Å². The first-order valence-electron chi connectivity index (χ1n) is 7.06. The van der Waals surface area contributed by atoms with Crippen LogP contribution in [0.1, 0.15) is 36.1 Å². The second-order valence-corrected chi connectivity index (χ2v) is 4.93. The Kier molecular flexibility index (Phi) is 5.13. The first-order valence-corrected chi connectivity index (χ1v) is 7.06. The molecule has 0 fully saturated rings. The summed E-state index contributed by atoms with van der Waals surface area (Å²) in [6.07, 6.45) is 4.81. The van der Waals surface area contributed by atoms with E-state index in [2.05, 4.69) is 42.3 Å². The predicted molar refractivity (Wildman–Crippen MR) is 82.1 cm³/mol. The molecule has 3 heteroatoms. The van der Waals surface area contributed by atoms with Gasteiger partial charge < -0.3 is 10.1 Å². The maximum atomic E-state index is 5.62. The van der Waals surface area contributed by atoms with E-state index in [9.17, 15) is 0 Å². The van der Waals surface area contributed by atoms with E-state index >= 15 is 0 Å². The van der Waals surface area contributed by atoms with Crippen LogP contribution in [-0.2, 0) is 0 Å². The zero-order valence-corrected chi connectivity index (χ0v) is 12.4. The minimum absolute atomic E-state index is 0.155. The molecule has 1 heterocycles. The molecule has 0 saturated heterocycles. The summed E-state index contributed by atoms with van der Waals surface area (Å²) in [4.78, 5) is 4.27. The van der Waals surface area contributed by atoms with Gasteiger partial charge in [0.2, 0.25) is 0 Å². The second-order valence-electron chi connectivity index (χ2n) is 4.93. The minimum atomic E-state index is 0.155. The van der Waals surface area contributed by atoms with Gasteiger partial charge in [-0.1, -0.05) is 25.1 Å². The second kappa shape index (κ2) is 7.06. The number of pyridine rings is 1. The number of hydrogen-bond acceptors (Lipinski definition) is 3. The van der Waals surface area contributed by atoms with Crippen molar-refractivity contribution in [3.05, 3.63) is 59.4 Å². The summed E-state index contributed by atoms with van der Waals surface area (Å²) in [5, 5.41) is 3.34. The molecule has 2 rings (SSSR count). The average Bonchev–Trinajstić information content (AvgIpc) is 2.47. The molecule has 1 aromatic heterocycles. The predicted octanol–water partition coefficient (Wildman–Crippen LogP) is 3.49. The van der Waals surface area contributed by atoms with Gasteiger partial charge in [0.05, 0.1) is 12.6 Å². The fourth-order valence-corrected chi connectivity index (χ4v) is 2.24. The summed E-state index contributed by atoms with van der Waals surface area (Å²) >= 11 is 0. The highest BCUT2D eigenvalue weighted by Crippen LogP contribution is 2.24. The molecule has 0 aliphatic rings. The van der Waals surface area contributed by atoms with Crippen LogP contribution in [-0.4, -0.2) is 18.6 Å². The molecular weight excluding hydrogens is 248 g/mol. The van der Waals surface area contributed by atoms with Gasteiger partial charge in [0, 0.05) is 12.4 Å². The first-order chi connectivity index (χ1) is 9.74. The fraction of sp³-hybridized carbons (Fsp3) is 0.353. The Hall–Kier alpha value is -1.87. The number of nitrogens with zero attached hydrogens (tertiary/aromatic N) is 1. The fourth-order valence-electron chi connectivity index (χ4n) is 2.24. The number of aromatic nitrogens is 1. The Labute approximate surface area is 121 Å². The number of rotatable bonds is 6. The Morgan fingerprint density at radius 2 is 1.90 bits per heavy atom. The van der Waals surface area contributed by atoms with Crippen LogP contribution in [0.3, 0.4) is 0 Å². The number of aryl methyl sites for hydroxylation is 1. The van der Waals surface area contributed by atoms with Crippen LogP contribution in [0.25, 0.3) is 0 Å². The number of benzene rings is 1. The molecule has 1 N–H and O–H groups in total. The van der Waals surface area contributed by atoms with Crippen molar-refractivity contribution in [3.8, 4) is 5.75 Å². The highest BCUT2D eigenvalue weighted by Gasteiger charge is 2.12. The van der Waals surface area contributed by atoms with E-state index < -0.39 is 0 Å². The van der Waals surface area contributed by atoms with Crippen LogP contribution in [0.5, 0.6) is 5.75 Å². The van der Waals surface area contributed by atoms with Crippen molar-refractivity contribution in [3.63, 3.8) is 0 Å². The lowest BCUT2D eigenvalue weighted by Gasteiger charge is -2.17. The molecule has 0 radical (unpaired) electrons. The molecule has 1 aromatic carbocycles. The third-order valence-electron chi connectivity index (χ3n) is 3.20. The smallest absolute Gasteiger partial charge is 0.119 e. The van der Waals surface area contributed by atoms with Gasteiger partial charge in [-0.25, -0.2) is 0 Å². The highest BCUT2D eigenvalue weighted by atomic mass is 16.5. The van der Waals surface area contributed by atoms with Crippen molar-refractivity contribution in [2.24, 2.45) is 0 Å². The lowest BCUT2D eigenvalue weighted by Crippen LogP contribution is -2.17. The van der Waals surface area contributed by atoms with Crippen LogP contribution in [0.15, 0.2) is 42.7 Å². The SMILES string of the molecule is CCCOc1ccc(C(NC)c2cncc(C)c2)cc1. The molecule has 3 nitrogen and oxygen atoms in total.